The van der Waals surface area contributed by atoms with Gasteiger partial charge in [-0.25, -0.2) is 4.39 Å². The topological polar surface area (TPSA) is 43.1 Å². The summed E-state index contributed by atoms with van der Waals surface area (Å²) in [6.45, 7) is 0. The van der Waals surface area contributed by atoms with Crippen LogP contribution < -0.4 is 5.73 Å². The van der Waals surface area contributed by atoms with E-state index in [-0.39, 0.29) is 10.6 Å². The molecule has 0 radical (unpaired) electrons. The molecule has 0 saturated heterocycles. The van der Waals surface area contributed by atoms with E-state index in [1.807, 2.05) is 0 Å². The number of nitrogen functional groups attached to an aromatic ring is 1. The second kappa shape index (κ2) is 5.61. The third-order valence-corrected chi connectivity index (χ3v) is 4.09. The summed E-state index contributed by atoms with van der Waals surface area (Å²) in [5.74, 6) is -1.11. The molecular formula is C13H7Br2ClFNO. The Hall–Kier alpha value is -0.910. The molecule has 0 unspecified atom stereocenters. The van der Waals surface area contributed by atoms with E-state index in [9.17, 15) is 9.18 Å². The lowest BCUT2D eigenvalue weighted by Gasteiger charge is -2.06. The van der Waals surface area contributed by atoms with Crippen LogP contribution in [0.1, 0.15) is 15.9 Å². The molecule has 0 saturated carbocycles. The number of benzene rings is 2. The first-order valence-corrected chi connectivity index (χ1v) is 7.10. The van der Waals surface area contributed by atoms with E-state index in [0.29, 0.717) is 20.2 Å². The average molecular weight is 407 g/mol. The molecule has 0 aromatic heterocycles. The standard InChI is InChI=1S/C13H7Br2ClFNO/c14-7-1-6(2-8(18)3-7)13(19)9-4-11(16)10(15)5-12(9)17/h1-5H,18H2. The van der Waals surface area contributed by atoms with E-state index in [1.54, 1.807) is 12.1 Å². The molecular weight excluding hydrogens is 400 g/mol. The summed E-state index contributed by atoms with van der Waals surface area (Å²) in [7, 11) is 0. The maximum absolute atomic E-state index is 13.8. The van der Waals surface area contributed by atoms with Gasteiger partial charge in [0.2, 0.25) is 0 Å². The first-order valence-electron chi connectivity index (χ1n) is 5.14. The largest absolute Gasteiger partial charge is 0.399 e. The molecule has 2 nitrogen and oxygen atoms in total. The van der Waals surface area contributed by atoms with Crippen molar-refractivity contribution >= 4 is 54.9 Å². The molecule has 0 aliphatic carbocycles. The Morgan fingerprint density at radius 2 is 1.84 bits per heavy atom. The molecule has 2 aromatic carbocycles. The highest BCUT2D eigenvalue weighted by Crippen LogP contribution is 2.28. The fourth-order valence-electron chi connectivity index (χ4n) is 1.60. The highest BCUT2D eigenvalue weighted by molar-refractivity contribution is 9.10. The quantitative estimate of drug-likeness (QED) is 0.441. The number of ketones is 1. The zero-order chi connectivity index (χ0) is 14.2. The molecule has 0 aliphatic rings. The van der Waals surface area contributed by atoms with Crippen LogP contribution in [0.3, 0.4) is 0 Å². The minimum absolute atomic E-state index is 0.0919. The lowest BCUT2D eigenvalue weighted by Crippen LogP contribution is -2.05. The van der Waals surface area contributed by atoms with Gasteiger partial charge in [-0.15, -0.1) is 0 Å². The lowest BCUT2D eigenvalue weighted by molar-refractivity contribution is 0.103. The number of carbonyl (C=O) groups excluding carboxylic acids is 1. The van der Waals surface area contributed by atoms with Crippen LogP contribution >= 0.6 is 43.5 Å². The number of hydrogen-bond acceptors (Lipinski definition) is 2. The maximum atomic E-state index is 13.8. The van der Waals surface area contributed by atoms with Crippen molar-refractivity contribution in [2.24, 2.45) is 0 Å². The van der Waals surface area contributed by atoms with Gasteiger partial charge in [-0.1, -0.05) is 27.5 Å². The summed E-state index contributed by atoms with van der Waals surface area (Å²) in [5, 5.41) is 0.271. The summed E-state index contributed by atoms with van der Waals surface area (Å²) in [5.41, 5.74) is 6.28. The third kappa shape index (κ3) is 3.16. The number of rotatable bonds is 2. The number of nitrogens with two attached hydrogens (primary N) is 1. The summed E-state index contributed by atoms with van der Waals surface area (Å²) in [4.78, 5) is 12.2. The Morgan fingerprint density at radius 1 is 1.16 bits per heavy atom. The predicted molar refractivity (Wildman–Crippen MR) is 81.1 cm³/mol. The lowest BCUT2D eigenvalue weighted by atomic mass is 10.0. The van der Waals surface area contributed by atoms with E-state index in [1.165, 1.54) is 12.1 Å². The Labute approximate surface area is 131 Å². The van der Waals surface area contributed by atoms with Crippen LogP contribution in [-0.4, -0.2) is 5.78 Å². The van der Waals surface area contributed by atoms with E-state index < -0.39 is 11.6 Å². The van der Waals surface area contributed by atoms with Gasteiger partial charge in [0.1, 0.15) is 5.82 Å². The molecule has 0 spiro atoms. The highest BCUT2D eigenvalue weighted by atomic mass is 79.9. The summed E-state index contributed by atoms with van der Waals surface area (Å²) >= 11 is 12.2. The number of halogens is 4. The summed E-state index contributed by atoms with van der Waals surface area (Å²) in [6.07, 6.45) is 0. The molecule has 19 heavy (non-hydrogen) atoms. The SMILES string of the molecule is Nc1cc(Br)cc(C(=O)c2cc(Cl)c(Br)cc2F)c1. The van der Waals surface area contributed by atoms with Gasteiger partial charge in [0, 0.05) is 20.2 Å². The molecule has 0 aliphatic heterocycles. The zero-order valence-electron chi connectivity index (χ0n) is 9.38. The van der Waals surface area contributed by atoms with Crippen molar-refractivity contribution in [1.29, 1.82) is 0 Å². The Bertz CT molecular complexity index is 656. The minimum atomic E-state index is -0.639. The molecule has 0 amide bonds. The monoisotopic (exact) mass is 405 g/mol. The molecule has 2 aromatic rings. The molecule has 0 fully saturated rings. The molecule has 2 N–H and O–H groups in total. The number of carbonyl (C=O) groups is 1. The van der Waals surface area contributed by atoms with Gasteiger partial charge in [0.05, 0.1) is 10.6 Å². The molecule has 0 atom stereocenters. The van der Waals surface area contributed by atoms with Crippen molar-refractivity contribution < 1.29 is 9.18 Å². The fourth-order valence-corrected chi connectivity index (χ4v) is 2.59. The Balaban J connectivity index is 2.53. The molecule has 6 heteroatoms. The smallest absolute Gasteiger partial charge is 0.196 e. The van der Waals surface area contributed by atoms with Crippen LogP contribution in [0, 0.1) is 5.82 Å². The first-order chi connectivity index (χ1) is 8.88. The maximum Gasteiger partial charge on any atom is 0.196 e. The van der Waals surface area contributed by atoms with Crippen LogP contribution in [0.15, 0.2) is 39.3 Å². The Morgan fingerprint density at radius 3 is 2.47 bits per heavy atom. The highest BCUT2D eigenvalue weighted by Gasteiger charge is 2.17. The average Bonchev–Trinajstić information content (AvgIpc) is 2.31. The van der Waals surface area contributed by atoms with E-state index in [4.69, 9.17) is 17.3 Å². The van der Waals surface area contributed by atoms with Crippen molar-refractivity contribution in [3.63, 3.8) is 0 Å². The van der Waals surface area contributed by atoms with Gasteiger partial charge in [0.25, 0.3) is 0 Å². The predicted octanol–water partition coefficient (Wildman–Crippen LogP) is 4.82. The van der Waals surface area contributed by atoms with Crippen molar-refractivity contribution in [1.82, 2.24) is 0 Å². The second-order valence-corrected chi connectivity index (χ2v) is 6.03. The molecule has 2 rings (SSSR count). The Kier molecular flexibility index (Phi) is 4.28. The van der Waals surface area contributed by atoms with Gasteiger partial charge in [-0.2, -0.15) is 0 Å². The van der Waals surface area contributed by atoms with E-state index >= 15 is 0 Å². The van der Waals surface area contributed by atoms with E-state index in [0.717, 1.165) is 6.07 Å². The van der Waals surface area contributed by atoms with Crippen molar-refractivity contribution in [2.75, 3.05) is 5.73 Å². The van der Waals surface area contributed by atoms with Gasteiger partial charge < -0.3 is 5.73 Å². The second-order valence-electron chi connectivity index (χ2n) is 3.85. The summed E-state index contributed by atoms with van der Waals surface area (Å²) in [6, 6.07) is 7.18. The first kappa shape index (κ1) is 14.5. The van der Waals surface area contributed by atoms with E-state index in [2.05, 4.69) is 31.9 Å². The normalized spacial score (nSPS) is 10.5. The number of hydrogen-bond donors (Lipinski definition) is 1. The van der Waals surface area contributed by atoms with Crippen LogP contribution in [-0.2, 0) is 0 Å². The van der Waals surface area contributed by atoms with Gasteiger partial charge in [-0.3, -0.25) is 4.79 Å². The summed E-state index contributed by atoms with van der Waals surface area (Å²) < 4.78 is 14.9. The van der Waals surface area contributed by atoms with Gasteiger partial charge >= 0.3 is 0 Å². The van der Waals surface area contributed by atoms with Crippen LogP contribution in [0.2, 0.25) is 5.02 Å². The van der Waals surface area contributed by atoms with Crippen molar-refractivity contribution in [3.8, 4) is 0 Å². The third-order valence-electron chi connectivity index (χ3n) is 2.44. The zero-order valence-corrected chi connectivity index (χ0v) is 13.3. The van der Waals surface area contributed by atoms with Crippen LogP contribution in [0.25, 0.3) is 0 Å². The number of anilines is 1. The molecule has 98 valence electrons. The van der Waals surface area contributed by atoms with Crippen molar-refractivity contribution in [2.45, 2.75) is 0 Å². The van der Waals surface area contributed by atoms with Crippen LogP contribution in [0.4, 0.5) is 10.1 Å². The molecule has 0 bridgehead atoms. The van der Waals surface area contributed by atoms with Gasteiger partial charge in [-0.05, 0) is 46.3 Å². The minimum Gasteiger partial charge on any atom is -0.399 e. The van der Waals surface area contributed by atoms with Crippen LogP contribution in [0.5, 0.6) is 0 Å². The fraction of sp³-hybridized carbons (Fsp3) is 0. The molecule has 0 heterocycles. The van der Waals surface area contributed by atoms with Crippen molar-refractivity contribution in [3.05, 3.63) is 61.2 Å². The van der Waals surface area contributed by atoms with Gasteiger partial charge in [0.15, 0.2) is 5.78 Å².